The third-order valence-corrected chi connectivity index (χ3v) is 10.5. The van der Waals surface area contributed by atoms with Gasteiger partial charge in [0.1, 0.15) is 0 Å². The van der Waals surface area contributed by atoms with Crippen LogP contribution < -0.4 is 5.32 Å². The molecule has 0 spiro atoms. The fourth-order valence-corrected chi connectivity index (χ4v) is 8.45. The minimum absolute atomic E-state index is 0.351. The van der Waals surface area contributed by atoms with E-state index in [1.54, 1.807) is 0 Å². The van der Waals surface area contributed by atoms with E-state index in [1.807, 2.05) is 11.3 Å². The monoisotopic (exact) mass is 605 g/mol. The normalized spacial score (nSPS) is 15.2. The van der Waals surface area contributed by atoms with Crippen LogP contribution in [0.2, 0.25) is 0 Å². The van der Waals surface area contributed by atoms with Gasteiger partial charge < -0.3 is 9.88 Å². The van der Waals surface area contributed by atoms with Crippen LogP contribution in [0.4, 0.5) is 0 Å². The molecule has 9 aromatic rings. The van der Waals surface area contributed by atoms with Gasteiger partial charge in [-0.25, -0.2) is 4.99 Å². The summed E-state index contributed by atoms with van der Waals surface area (Å²) < 4.78 is 5.04. The highest BCUT2D eigenvalue weighted by Gasteiger charge is 2.25. The molecule has 3 heterocycles. The van der Waals surface area contributed by atoms with E-state index in [-0.39, 0.29) is 6.29 Å². The zero-order valence-corrected chi connectivity index (χ0v) is 25.6. The van der Waals surface area contributed by atoms with E-state index >= 15 is 0 Å². The molecule has 1 aliphatic rings. The second-order valence-corrected chi connectivity index (χ2v) is 13.1. The summed E-state index contributed by atoms with van der Waals surface area (Å²) in [6, 6.07) is 52.5. The van der Waals surface area contributed by atoms with Gasteiger partial charge in [-0.15, -0.1) is 11.3 Å². The van der Waals surface area contributed by atoms with Gasteiger partial charge in [-0.1, -0.05) is 121 Å². The highest BCUT2D eigenvalue weighted by atomic mass is 32.1. The van der Waals surface area contributed by atoms with Crippen LogP contribution in [0, 0.1) is 0 Å². The Morgan fingerprint density at radius 1 is 0.522 bits per heavy atom. The first-order valence-electron chi connectivity index (χ1n) is 15.7. The van der Waals surface area contributed by atoms with Gasteiger partial charge in [-0.2, -0.15) is 0 Å². The molecule has 1 atom stereocenters. The van der Waals surface area contributed by atoms with Crippen molar-refractivity contribution in [2.24, 2.45) is 4.99 Å². The standard InChI is InChI=1S/C42H27N3S/c1-3-13-28(14-4-1)34-25-35(29-15-5-2-6-16-29)44-42(43-34)45-36-21-19-26-11-7-9-17-30(26)40(36)32-24-39-33(23-37(32)45)41-31-18-10-8-12-27(31)20-22-38(41)46-39/h1-25,42-43H. The predicted octanol–water partition coefficient (Wildman–Crippen LogP) is 11.1. The number of allylic oxidation sites excluding steroid dienone is 1. The zero-order chi connectivity index (χ0) is 30.2. The molecule has 10 rings (SSSR count). The maximum Gasteiger partial charge on any atom is 0.201 e. The second-order valence-electron chi connectivity index (χ2n) is 12.0. The van der Waals surface area contributed by atoms with E-state index in [4.69, 9.17) is 4.99 Å². The summed E-state index contributed by atoms with van der Waals surface area (Å²) >= 11 is 1.88. The van der Waals surface area contributed by atoms with E-state index in [2.05, 4.69) is 162 Å². The zero-order valence-electron chi connectivity index (χ0n) is 24.8. The summed E-state index contributed by atoms with van der Waals surface area (Å²) in [4.78, 5) is 5.43. The molecule has 1 unspecified atom stereocenters. The van der Waals surface area contributed by atoms with Crippen molar-refractivity contribution in [1.29, 1.82) is 0 Å². The number of thiophene rings is 1. The lowest BCUT2D eigenvalue weighted by Gasteiger charge is -2.27. The molecule has 0 aliphatic carbocycles. The van der Waals surface area contributed by atoms with Gasteiger partial charge in [-0.05, 0) is 63.0 Å². The highest BCUT2D eigenvalue weighted by Crippen LogP contribution is 2.44. The van der Waals surface area contributed by atoms with E-state index in [1.165, 1.54) is 63.5 Å². The summed E-state index contributed by atoms with van der Waals surface area (Å²) in [6.07, 6.45) is 1.83. The van der Waals surface area contributed by atoms with Crippen LogP contribution in [0.3, 0.4) is 0 Å². The smallest absolute Gasteiger partial charge is 0.201 e. The first-order valence-corrected chi connectivity index (χ1v) is 16.5. The average Bonchev–Trinajstić information content (AvgIpc) is 3.66. The fraction of sp³-hybridized carbons (Fsp3) is 0.0238. The van der Waals surface area contributed by atoms with Crippen molar-refractivity contribution in [3.05, 3.63) is 163 Å². The number of rotatable bonds is 3. The molecule has 216 valence electrons. The molecule has 0 fully saturated rings. The summed E-state index contributed by atoms with van der Waals surface area (Å²) in [5.74, 6) is 0. The summed E-state index contributed by atoms with van der Waals surface area (Å²) in [5.41, 5.74) is 6.61. The first-order chi connectivity index (χ1) is 22.8. The Kier molecular flexibility index (Phi) is 5.51. The SMILES string of the molecule is C1=C(c2ccccc2)NC(n2c3cc4c(cc3c3c5ccccc5ccc32)sc2ccc3ccccc3c24)N=C1c1ccccc1. The van der Waals surface area contributed by atoms with Crippen molar-refractivity contribution in [3.8, 4) is 0 Å². The van der Waals surface area contributed by atoms with Gasteiger partial charge in [0, 0.05) is 36.6 Å². The average molecular weight is 606 g/mol. The van der Waals surface area contributed by atoms with Crippen LogP contribution in [-0.4, -0.2) is 10.3 Å². The Bertz CT molecular complexity index is 2710. The number of hydrogen-bond donors (Lipinski definition) is 1. The number of aromatic nitrogens is 1. The molecule has 46 heavy (non-hydrogen) atoms. The molecule has 0 amide bonds. The molecule has 0 saturated carbocycles. The molecule has 0 saturated heterocycles. The maximum atomic E-state index is 5.43. The lowest BCUT2D eigenvalue weighted by molar-refractivity contribution is 0.508. The summed E-state index contributed by atoms with van der Waals surface area (Å²) in [6.45, 7) is 0. The van der Waals surface area contributed by atoms with Crippen molar-refractivity contribution in [1.82, 2.24) is 9.88 Å². The quantitative estimate of drug-likeness (QED) is 0.213. The van der Waals surface area contributed by atoms with Crippen LogP contribution in [-0.2, 0) is 0 Å². The fourth-order valence-electron chi connectivity index (χ4n) is 7.31. The third-order valence-electron chi connectivity index (χ3n) is 9.40. The number of benzene rings is 7. The lowest BCUT2D eigenvalue weighted by atomic mass is 10.0. The molecule has 0 radical (unpaired) electrons. The van der Waals surface area contributed by atoms with E-state index in [0.717, 1.165) is 22.5 Å². The molecule has 0 bridgehead atoms. The van der Waals surface area contributed by atoms with Crippen molar-refractivity contribution in [2.75, 3.05) is 0 Å². The van der Waals surface area contributed by atoms with E-state index < -0.39 is 0 Å². The minimum atomic E-state index is -0.351. The van der Waals surface area contributed by atoms with Gasteiger partial charge in [0.2, 0.25) is 6.29 Å². The van der Waals surface area contributed by atoms with E-state index in [9.17, 15) is 0 Å². The van der Waals surface area contributed by atoms with Crippen molar-refractivity contribution in [2.45, 2.75) is 6.29 Å². The Morgan fingerprint density at radius 3 is 1.93 bits per heavy atom. The van der Waals surface area contributed by atoms with Crippen molar-refractivity contribution >= 4 is 86.3 Å². The number of fused-ring (bicyclic) bond motifs is 10. The number of nitrogens with one attached hydrogen (secondary N) is 1. The molecular formula is C42H27N3S. The Labute approximate surface area is 269 Å². The third kappa shape index (κ3) is 3.81. The van der Waals surface area contributed by atoms with Gasteiger partial charge in [-0.3, -0.25) is 0 Å². The first kappa shape index (κ1) is 25.6. The van der Waals surface area contributed by atoms with Gasteiger partial charge in [0.05, 0.1) is 16.7 Å². The number of aliphatic imine (C=N–C) groups is 1. The Hall–Kier alpha value is -5.71. The van der Waals surface area contributed by atoms with Crippen molar-refractivity contribution in [3.63, 3.8) is 0 Å². The molecule has 1 N–H and O–H groups in total. The van der Waals surface area contributed by atoms with Gasteiger partial charge in [0.15, 0.2) is 0 Å². The number of hydrogen-bond acceptors (Lipinski definition) is 3. The second kappa shape index (κ2) is 9.90. The summed E-state index contributed by atoms with van der Waals surface area (Å²) in [5, 5.41) is 14.1. The van der Waals surface area contributed by atoms with Crippen LogP contribution in [0.1, 0.15) is 17.4 Å². The maximum absolute atomic E-state index is 5.43. The Balaban J connectivity index is 1.32. The molecule has 4 heteroatoms. The van der Waals surface area contributed by atoms with E-state index in [0.29, 0.717) is 0 Å². The summed E-state index contributed by atoms with van der Waals surface area (Å²) in [7, 11) is 0. The van der Waals surface area contributed by atoms with Gasteiger partial charge in [0.25, 0.3) is 0 Å². The van der Waals surface area contributed by atoms with Gasteiger partial charge >= 0.3 is 0 Å². The topological polar surface area (TPSA) is 29.3 Å². The van der Waals surface area contributed by atoms with Crippen LogP contribution >= 0.6 is 11.3 Å². The Morgan fingerprint density at radius 2 is 1.17 bits per heavy atom. The molecule has 7 aromatic carbocycles. The van der Waals surface area contributed by atoms with Crippen LogP contribution in [0.15, 0.2) is 157 Å². The minimum Gasteiger partial charge on any atom is -0.346 e. The molecule has 2 aromatic heterocycles. The largest absolute Gasteiger partial charge is 0.346 e. The predicted molar refractivity (Wildman–Crippen MR) is 197 cm³/mol. The van der Waals surface area contributed by atoms with Crippen LogP contribution in [0.25, 0.3) is 69.2 Å². The molecule has 3 nitrogen and oxygen atoms in total. The van der Waals surface area contributed by atoms with Crippen molar-refractivity contribution < 1.29 is 0 Å². The number of nitrogens with zero attached hydrogens (tertiary/aromatic N) is 2. The van der Waals surface area contributed by atoms with Crippen LogP contribution in [0.5, 0.6) is 0 Å². The lowest BCUT2D eigenvalue weighted by Crippen LogP contribution is -2.29. The molecular weight excluding hydrogens is 579 g/mol. The molecule has 1 aliphatic heterocycles. The highest BCUT2D eigenvalue weighted by molar-refractivity contribution is 7.26.